The minimum Gasteiger partial charge on any atom is -0.484 e. The summed E-state index contributed by atoms with van der Waals surface area (Å²) < 4.78 is 5.54. The van der Waals surface area contributed by atoms with Crippen LogP contribution in [-0.2, 0) is 10.2 Å². The Bertz CT molecular complexity index is 457. The number of nitrogens with one attached hydrogen (secondary N) is 2. The first kappa shape index (κ1) is 15.8. The van der Waals surface area contributed by atoms with E-state index in [4.69, 9.17) is 4.74 Å². The van der Waals surface area contributed by atoms with Gasteiger partial charge in [-0.2, -0.15) is 0 Å². The Morgan fingerprint density at radius 1 is 1.33 bits per heavy atom. The fourth-order valence-electron chi connectivity index (χ4n) is 2.44. The van der Waals surface area contributed by atoms with Crippen molar-refractivity contribution in [1.82, 2.24) is 10.6 Å². The maximum atomic E-state index is 11.8. The van der Waals surface area contributed by atoms with Gasteiger partial charge in [0.05, 0.1) is 0 Å². The topological polar surface area (TPSA) is 50.4 Å². The van der Waals surface area contributed by atoms with E-state index in [-0.39, 0.29) is 24.0 Å². The van der Waals surface area contributed by atoms with Gasteiger partial charge >= 0.3 is 0 Å². The Morgan fingerprint density at radius 2 is 2.05 bits per heavy atom. The van der Waals surface area contributed by atoms with Crippen LogP contribution in [0.5, 0.6) is 5.75 Å². The van der Waals surface area contributed by atoms with Crippen LogP contribution in [-0.4, -0.2) is 31.6 Å². The van der Waals surface area contributed by atoms with Crippen LogP contribution in [0.3, 0.4) is 0 Å². The summed E-state index contributed by atoms with van der Waals surface area (Å²) in [5.74, 6) is 0.684. The van der Waals surface area contributed by atoms with Crippen molar-refractivity contribution in [1.29, 1.82) is 0 Å². The number of amides is 1. The lowest BCUT2D eigenvalue weighted by atomic mass is 9.87. The third-order valence-electron chi connectivity index (χ3n) is 3.75. The lowest BCUT2D eigenvalue weighted by molar-refractivity contribution is -0.123. The first-order chi connectivity index (χ1) is 9.95. The quantitative estimate of drug-likeness (QED) is 0.894. The molecule has 1 amide bonds. The van der Waals surface area contributed by atoms with E-state index >= 15 is 0 Å². The van der Waals surface area contributed by atoms with E-state index in [1.807, 2.05) is 12.1 Å². The highest BCUT2D eigenvalue weighted by Crippen LogP contribution is 2.24. The van der Waals surface area contributed by atoms with Gasteiger partial charge in [-0.1, -0.05) is 32.9 Å². The number of hydrogen-bond acceptors (Lipinski definition) is 3. The molecule has 1 fully saturated rings. The summed E-state index contributed by atoms with van der Waals surface area (Å²) in [5, 5.41) is 6.28. The fourth-order valence-corrected chi connectivity index (χ4v) is 2.44. The van der Waals surface area contributed by atoms with Crippen LogP contribution in [0, 0.1) is 0 Å². The Hall–Kier alpha value is -1.55. The molecule has 1 aliphatic rings. The molecule has 4 nitrogen and oxygen atoms in total. The van der Waals surface area contributed by atoms with E-state index < -0.39 is 0 Å². The zero-order valence-corrected chi connectivity index (χ0v) is 13.2. The van der Waals surface area contributed by atoms with Crippen LogP contribution in [0.25, 0.3) is 0 Å². The zero-order chi connectivity index (χ0) is 15.3. The first-order valence-electron chi connectivity index (χ1n) is 7.68. The Kier molecular flexibility index (Phi) is 5.23. The molecular weight excluding hydrogens is 264 g/mol. The number of benzene rings is 1. The molecule has 116 valence electrons. The monoisotopic (exact) mass is 290 g/mol. The van der Waals surface area contributed by atoms with Crippen molar-refractivity contribution >= 4 is 5.91 Å². The molecule has 1 atom stereocenters. The minimum absolute atomic E-state index is 0.0522. The summed E-state index contributed by atoms with van der Waals surface area (Å²) in [6.45, 7) is 8.50. The summed E-state index contributed by atoms with van der Waals surface area (Å²) in [5.41, 5.74) is 1.39. The van der Waals surface area contributed by atoms with Gasteiger partial charge in [-0.25, -0.2) is 0 Å². The van der Waals surface area contributed by atoms with Crippen molar-refractivity contribution < 1.29 is 9.53 Å². The highest BCUT2D eigenvalue weighted by Gasteiger charge is 2.16. The first-order valence-corrected chi connectivity index (χ1v) is 7.68. The number of rotatable bonds is 4. The molecule has 1 heterocycles. The van der Waals surface area contributed by atoms with Crippen molar-refractivity contribution in [3.8, 4) is 5.75 Å². The molecule has 21 heavy (non-hydrogen) atoms. The van der Waals surface area contributed by atoms with Crippen molar-refractivity contribution in [2.45, 2.75) is 45.1 Å². The normalized spacial score (nSPS) is 19.1. The van der Waals surface area contributed by atoms with E-state index in [0.29, 0.717) is 0 Å². The summed E-state index contributed by atoms with van der Waals surface area (Å²) in [6, 6.07) is 8.20. The van der Waals surface area contributed by atoms with Gasteiger partial charge in [0.1, 0.15) is 5.75 Å². The molecular formula is C17H26N2O2. The van der Waals surface area contributed by atoms with Gasteiger partial charge in [0.2, 0.25) is 0 Å². The smallest absolute Gasteiger partial charge is 0.258 e. The molecule has 4 heteroatoms. The Morgan fingerprint density at radius 3 is 2.62 bits per heavy atom. The van der Waals surface area contributed by atoms with E-state index in [2.05, 4.69) is 43.5 Å². The summed E-state index contributed by atoms with van der Waals surface area (Å²) >= 11 is 0. The minimum atomic E-state index is -0.0522. The predicted molar refractivity (Wildman–Crippen MR) is 84.7 cm³/mol. The van der Waals surface area contributed by atoms with Crippen molar-refractivity contribution in [3.05, 3.63) is 29.8 Å². The zero-order valence-electron chi connectivity index (χ0n) is 13.2. The molecule has 1 aliphatic heterocycles. The summed E-state index contributed by atoms with van der Waals surface area (Å²) in [7, 11) is 0. The lowest BCUT2D eigenvalue weighted by Gasteiger charge is -2.23. The number of carbonyl (C=O) groups is 1. The van der Waals surface area contributed by atoms with E-state index in [1.165, 1.54) is 5.56 Å². The van der Waals surface area contributed by atoms with E-state index in [1.54, 1.807) is 0 Å². The van der Waals surface area contributed by atoms with Gasteiger partial charge in [-0.3, -0.25) is 4.79 Å². The maximum Gasteiger partial charge on any atom is 0.258 e. The molecule has 0 radical (unpaired) electrons. The molecule has 0 unspecified atom stereocenters. The van der Waals surface area contributed by atoms with Crippen molar-refractivity contribution in [3.63, 3.8) is 0 Å². The second-order valence-electron chi connectivity index (χ2n) is 6.67. The van der Waals surface area contributed by atoms with Gasteiger partial charge in [0.25, 0.3) is 5.91 Å². The second kappa shape index (κ2) is 6.94. The highest BCUT2D eigenvalue weighted by atomic mass is 16.5. The molecule has 1 aromatic rings. The molecule has 1 aromatic carbocycles. The highest BCUT2D eigenvalue weighted by molar-refractivity contribution is 5.77. The molecule has 2 N–H and O–H groups in total. The predicted octanol–water partition coefficient (Wildman–Crippen LogP) is 2.23. The largest absolute Gasteiger partial charge is 0.484 e. The van der Waals surface area contributed by atoms with Crippen LogP contribution in [0.2, 0.25) is 0 Å². The molecule has 0 saturated carbocycles. The van der Waals surface area contributed by atoms with Crippen LogP contribution in [0.15, 0.2) is 24.3 Å². The average molecular weight is 290 g/mol. The third-order valence-corrected chi connectivity index (χ3v) is 3.75. The van der Waals surface area contributed by atoms with Crippen LogP contribution in [0.4, 0.5) is 0 Å². The number of piperidine rings is 1. The van der Waals surface area contributed by atoms with Crippen LogP contribution >= 0.6 is 0 Å². The lowest BCUT2D eigenvalue weighted by Crippen LogP contribution is -2.46. The standard InChI is InChI=1S/C17H26N2O2/c1-17(2,3)13-6-8-15(9-7-13)21-12-16(20)19-14-5-4-10-18-11-14/h6-9,14,18H,4-5,10-12H2,1-3H3,(H,19,20)/t14-/m0/s1. The Labute approximate surface area is 127 Å². The number of ether oxygens (including phenoxy) is 1. The van der Waals surface area contributed by atoms with Gasteiger partial charge in [-0.05, 0) is 42.5 Å². The van der Waals surface area contributed by atoms with Gasteiger partial charge in [-0.15, -0.1) is 0 Å². The van der Waals surface area contributed by atoms with Crippen molar-refractivity contribution in [2.75, 3.05) is 19.7 Å². The fraction of sp³-hybridized carbons (Fsp3) is 0.588. The van der Waals surface area contributed by atoms with Crippen LogP contribution in [0.1, 0.15) is 39.2 Å². The summed E-state index contributed by atoms with van der Waals surface area (Å²) in [4.78, 5) is 11.8. The molecule has 0 aliphatic carbocycles. The molecule has 1 saturated heterocycles. The third kappa shape index (κ3) is 5.05. The van der Waals surface area contributed by atoms with Gasteiger partial charge < -0.3 is 15.4 Å². The van der Waals surface area contributed by atoms with Crippen molar-refractivity contribution in [2.24, 2.45) is 0 Å². The summed E-state index contributed by atoms with van der Waals surface area (Å²) in [6.07, 6.45) is 2.15. The van der Waals surface area contributed by atoms with E-state index in [0.717, 1.165) is 31.7 Å². The molecule has 0 bridgehead atoms. The second-order valence-corrected chi connectivity index (χ2v) is 6.67. The average Bonchev–Trinajstić information content (AvgIpc) is 2.46. The number of hydrogen-bond donors (Lipinski definition) is 2. The SMILES string of the molecule is CC(C)(C)c1ccc(OCC(=O)N[C@H]2CCCNC2)cc1. The number of carbonyl (C=O) groups excluding carboxylic acids is 1. The Balaban J connectivity index is 1.78. The molecule has 0 aromatic heterocycles. The molecule has 2 rings (SSSR count). The van der Waals surface area contributed by atoms with Gasteiger partial charge in [0.15, 0.2) is 6.61 Å². The van der Waals surface area contributed by atoms with Crippen LogP contribution < -0.4 is 15.4 Å². The van der Waals surface area contributed by atoms with Gasteiger partial charge in [0, 0.05) is 12.6 Å². The van der Waals surface area contributed by atoms with E-state index in [9.17, 15) is 4.79 Å². The molecule has 0 spiro atoms. The maximum absolute atomic E-state index is 11.8.